The second kappa shape index (κ2) is 12.5. The summed E-state index contributed by atoms with van der Waals surface area (Å²) in [5, 5.41) is 0. The van der Waals surface area contributed by atoms with Crippen LogP contribution in [0, 0.1) is 22.7 Å². The number of esters is 4. The Morgan fingerprint density at radius 3 is 1.81 bits per heavy atom. The summed E-state index contributed by atoms with van der Waals surface area (Å²) in [7, 11) is 1.22. The Morgan fingerprint density at radius 2 is 1.35 bits per heavy atom. The Balaban J connectivity index is 3.27. The highest BCUT2D eigenvalue weighted by Crippen LogP contribution is 2.34. The largest absolute Gasteiger partial charge is 0.468 e. The molecule has 1 aromatic carbocycles. The second-order valence-corrected chi connectivity index (χ2v) is 11.8. The van der Waals surface area contributed by atoms with Gasteiger partial charge in [0.05, 0.1) is 30.5 Å². The van der Waals surface area contributed by atoms with Gasteiger partial charge in [-0.25, -0.2) is 0 Å². The minimum Gasteiger partial charge on any atom is -0.468 e. The van der Waals surface area contributed by atoms with E-state index < -0.39 is 34.3 Å². The molecule has 1 rings (SSSR count). The number of hydrogen-bond donors (Lipinski definition) is 1. The zero-order valence-electron chi connectivity index (χ0n) is 23.9. The number of nitrogens with two attached hydrogens (primary N) is 1. The van der Waals surface area contributed by atoms with Crippen molar-refractivity contribution in [3.8, 4) is 11.5 Å². The van der Waals surface area contributed by atoms with E-state index >= 15 is 0 Å². The van der Waals surface area contributed by atoms with E-state index in [4.69, 9.17) is 24.7 Å². The molecule has 2 N–H and O–H groups in total. The van der Waals surface area contributed by atoms with Crippen LogP contribution in [0.15, 0.2) is 18.2 Å². The van der Waals surface area contributed by atoms with Crippen molar-refractivity contribution in [2.45, 2.75) is 80.7 Å². The van der Waals surface area contributed by atoms with Crippen molar-refractivity contribution in [3.05, 3.63) is 23.8 Å². The van der Waals surface area contributed by atoms with Gasteiger partial charge in [0.1, 0.15) is 5.54 Å². The molecule has 9 heteroatoms. The van der Waals surface area contributed by atoms with Gasteiger partial charge in [-0.2, -0.15) is 0 Å². The van der Waals surface area contributed by atoms with E-state index in [2.05, 4.69) is 0 Å². The van der Waals surface area contributed by atoms with Crippen LogP contribution in [0.1, 0.15) is 74.3 Å². The first-order valence-electron chi connectivity index (χ1n) is 12.4. The Labute approximate surface area is 220 Å². The highest BCUT2D eigenvalue weighted by atomic mass is 16.6. The first-order chi connectivity index (χ1) is 16.8. The lowest BCUT2D eigenvalue weighted by Crippen LogP contribution is -2.51. The third-order valence-electron chi connectivity index (χ3n) is 5.91. The first kappa shape index (κ1) is 32.1. The summed E-state index contributed by atoms with van der Waals surface area (Å²) in [6.45, 7) is 15.7. The van der Waals surface area contributed by atoms with Crippen LogP contribution in [-0.4, -0.2) is 43.1 Å². The number of ether oxygens (including phenoxy) is 4. The molecule has 0 radical (unpaired) electrons. The summed E-state index contributed by atoms with van der Waals surface area (Å²) in [6.07, 6.45) is -0.00136. The van der Waals surface area contributed by atoms with Crippen LogP contribution >= 0.6 is 0 Å². The van der Waals surface area contributed by atoms with E-state index in [0.717, 1.165) is 0 Å². The Morgan fingerprint density at radius 1 is 0.838 bits per heavy atom. The van der Waals surface area contributed by atoms with Crippen LogP contribution in [0.25, 0.3) is 0 Å². The molecule has 37 heavy (non-hydrogen) atoms. The van der Waals surface area contributed by atoms with Crippen LogP contribution < -0.4 is 15.2 Å². The van der Waals surface area contributed by atoms with Crippen LogP contribution in [-0.2, 0) is 35.1 Å². The van der Waals surface area contributed by atoms with Crippen LogP contribution in [0.2, 0.25) is 0 Å². The van der Waals surface area contributed by atoms with E-state index in [9.17, 15) is 19.2 Å². The van der Waals surface area contributed by atoms with Gasteiger partial charge < -0.3 is 24.7 Å². The molecule has 2 atom stereocenters. The quantitative estimate of drug-likeness (QED) is 0.355. The van der Waals surface area contributed by atoms with E-state index in [-0.39, 0.29) is 48.8 Å². The monoisotopic (exact) mass is 521 g/mol. The van der Waals surface area contributed by atoms with Crippen molar-refractivity contribution in [1.29, 1.82) is 0 Å². The van der Waals surface area contributed by atoms with E-state index in [1.54, 1.807) is 54.5 Å². The summed E-state index contributed by atoms with van der Waals surface area (Å²) in [5.74, 6) is -2.19. The molecule has 1 aromatic rings. The normalized spacial score (nSPS) is 14.4. The molecule has 0 aromatic heterocycles. The molecule has 0 amide bonds. The van der Waals surface area contributed by atoms with Gasteiger partial charge in [0.25, 0.3) is 0 Å². The third-order valence-corrected chi connectivity index (χ3v) is 5.91. The molecule has 0 saturated heterocycles. The van der Waals surface area contributed by atoms with Gasteiger partial charge in [-0.15, -0.1) is 0 Å². The smallest absolute Gasteiger partial charge is 0.326 e. The zero-order chi connectivity index (χ0) is 28.8. The first-order valence-corrected chi connectivity index (χ1v) is 12.4. The number of hydrogen-bond acceptors (Lipinski definition) is 9. The Bertz CT molecular complexity index is 987. The molecule has 9 nitrogen and oxygen atoms in total. The standard InChI is InChI=1S/C28H43NO8/c1-17(2)18(3)22(30)35-14-13-28(29,25(33)34-10)16-19-11-12-20(36-23(31)26(4,5)6)21(15-19)37-24(32)27(7,8)9/h11-12,15,17-18H,13-14,16,29H2,1-10H3/t18?,28-/m1/s1. The van der Waals surface area contributed by atoms with Crippen molar-refractivity contribution in [2.75, 3.05) is 13.7 Å². The van der Waals surface area contributed by atoms with Gasteiger partial charge in [0.2, 0.25) is 0 Å². The summed E-state index contributed by atoms with van der Waals surface area (Å²) in [6, 6.07) is 4.62. The highest BCUT2D eigenvalue weighted by molar-refractivity contribution is 5.82. The van der Waals surface area contributed by atoms with Crippen molar-refractivity contribution in [1.82, 2.24) is 0 Å². The molecular formula is C28H43NO8. The van der Waals surface area contributed by atoms with E-state index in [1.165, 1.54) is 19.2 Å². The molecule has 0 saturated carbocycles. The molecule has 208 valence electrons. The average molecular weight is 522 g/mol. The number of benzene rings is 1. The molecule has 0 heterocycles. The lowest BCUT2D eigenvalue weighted by Gasteiger charge is -2.27. The maximum atomic E-state index is 12.6. The second-order valence-electron chi connectivity index (χ2n) is 11.8. The SMILES string of the molecule is COC(=O)[C@@](N)(CCOC(=O)C(C)C(C)C)Cc1ccc(OC(=O)C(C)(C)C)c(OC(=O)C(C)(C)C)c1. The summed E-state index contributed by atoms with van der Waals surface area (Å²) in [5.41, 5.74) is 3.85. The molecule has 1 unspecified atom stereocenters. The predicted octanol–water partition coefficient (Wildman–Crippen LogP) is 4.23. The van der Waals surface area contributed by atoms with Gasteiger partial charge in [0, 0.05) is 12.8 Å². The van der Waals surface area contributed by atoms with Gasteiger partial charge in [-0.3, -0.25) is 19.2 Å². The van der Waals surface area contributed by atoms with Gasteiger partial charge in [-0.1, -0.05) is 26.8 Å². The van der Waals surface area contributed by atoms with Crippen molar-refractivity contribution < 1.29 is 38.1 Å². The van der Waals surface area contributed by atoms with Gasteiger partial charge in [-0.05, 0) is 65.2 Å². The maximum Gasteiger partial charge on any atom is 0.326 e. The maximum absolute atomic E-state index is 12.6. The Kier molecular flexibility index (Phi) is 10.9. The molecule has 0 fully saturated rings. The fraction of sp³-hybridized carbons (Fsp3) is 0.643. The molecule has 0 aliphatic rings. The van der Waals surface area contributed by atoms with Crippen molar-refractivity contribution in [2.24, 2.45) is 28.4 Å². The topological polar surface area (TPSA) is 131 Å². The highest BCUT2D eigenvalue weighted by Gasteiger charge is 2.37. The van der Waals surface area contributed by atoms with Crippen molar-refractivity contribution in [3.63, 3.8) is 0 Å². The Hall–Kier alpha value is -2.94. The van der Waals surface area contributed by atoms with Crippen LogP contribution in [0.4, 0.5) is 0 Å². The van der Waals surface area contributed by atoms with E-state index in [1.807, 2.05) is 13.8 Å². The molecule has 0 aliphatic carbocycles. The predicted molar refractivity (Wildman–Crippen MR) is 139 cm³/mol. The fourth-order valence-electron chi connectivity index (χ4n) is 2.90. The minimum absolute atomic E-state index is 0.00804. The average Bonchev–Trinajstić information content (AvgIpc) is 2.77. The van der Waals surface area contributed by atoms with E-state index in [0.29, 0.717) is 5.56 Å². The lowest BCUT2D eigenvalue weighted by molar-refractivity contribution is -0.153. The third kappa shape index (κ3) is 9.46. The van der Waals surface area contributed by atoms with Gasteiger partial charge in [0.15, 0.2) is 11.5 Å². The number of rotatable bonds is 10. The fourth-order valence-corrected chi connectivity index (χ4v) is 2.90. The minimum atomic E-state index is -1.52. The van der Waals surface area contributed by atoms with Crippen molar-refractivity contribution >= 4 is 23.9 Å². The zero-order valence-corrected chi connectivity index (χ0v) is 23.9. The van der Waals surface area contributed by atoms with Crippen LogP contribution in [0.5, 0.6) is 11.5 Å². The molecule has 0 spiro atoms. The number of carbonyl (C=O) groups is 4. The molecule has 0 bridgehead atoms. The summed E-state index contributed by atoms with van der Waals surface area (Å²) in [4.78, 5) is 50.0. The summed E-state index contributed by atoms with van der Waals surface area (Å²) >= 11 is 0. The number of carbonyl (C=O) groups excluding carboxylic acids is 4. The van der Waals surface area contributed by atoms with Gasteiger partial charge >= 0.3 is 23.9 Å². The number of methoxy groups -OCH3 is 1. The van der Waals surface area contributed by atoms with Crippen LogP contribution in [0.3, 0.4) is 0 Å². The summed E-state index contributed by atoms with van der Waals surface area (Å²) < 4.78 is 21.4. The lowest BCUT2D eigenvalue weighted by atomic mass is 9.88. The molecule has 0 aliphatic heterocycles. The molecular weight excluding hydrogens is 478 g/mol.